The number of nitrogens with zero attached hydrogens (tertiary/aromatic N) is 3. The zero-order valence-electron chi connectivity index (χ0n) is 18.7. The molecule has 2 amide bonds. The maximum atomic E-state index is 13.5. The molecule has 1 aromatic heterocycles. The number of nitrogens with one attached hydrogen (secondary N) is 1. The Kier molecular flexibility index (Phi) is 6.58. The monoisotopic (exact) mass is 438 g/mol. The molecule has 0 spiro atoms. The van der Waals surface area contributed by atoms with Gasteiger partial charge in [-0.2, -0.15) is 0 Å². The molecule has 1 saturated heterocycles. The highest BCUT2D eigenvalue weighted by molar-refractivity contribution is 5.97. The third-order valence-electron chi connectivity index (χ3n) is 6.24. The first-order chi connectivity index (χ1) is 15.5. The molecule has 1 atom stereocenters. The molecule has 4 rings (SSSR count). The molecule has 1 fully saturated rings. The van der Waals surface area contributed by atoms with Crippen molar-refractivity contribution in [1.29, 1.82) is 0 Å². The van der Waals surface area contributed by atoms with Gasteiger partial charge in [0.25, 0.3) is 11.5 Å². The number of hydrogen-bond donors (Lipinski definition) is 1. The van der Waals surface area contributed by atoms with E-state index in [0.29, 0.717) is 67.5 Å². The first-order valence-corrected chi connectivity index (χ1v) is 11.5. The lowest BCUT2D eigenvalue weighted by Gasteiger charge is -2.36. The van der Waals surface area contributed by atoms with Crippen molar-refractivity contribution in [3.63, 3.8) is 0 Å². The van der Waals surface area contributed by atoms with Gasteiger partial charge in [0.05, 0.1) is 30.5 Å². The molecule has 2 aliphatic heterocycles. The van der Waals surface area contributed by atoms with Crippen LogP contribution in [0.2, 0.25) is 0 Å². The number of ether oxygens (including phenoxy) is 1. The summed E-state index contributed by atoms with van der Waals surface area (Å²) in [7, 11) is 0. The molecule has 1 aromatic carbocycles. The van der Waals surface area contributed by atoms with Gasteiger partial charge in [0.15, 0.2) is 0 Å². The predicted molar refractivity (Wildman–Crippen MR) is 120 cm³/mol. The van der Waals surface area contributed by atoms with Crippen LogP contribution in [0.1, 0.15) is 73.0 Å². The normalized spacial score (nSPS) is 18.2. The zero-order chi connectivity index (χ0) is 22.7. The summed E-state index contributed by atoms with van der Waals surface area (Å²) >= 11 is 0. The Morgan fingerprint density at radius 2 is 2.00 bits per heavy atom. The van der Waals surface area contributed by atoms with Crippen molar-refractivity contribution in [2.45, 2.75) is 58.5 Å². The first-order valence-electron chi connectivity index (χ1n) is 11.5. The van der Waals surface area contributed by atoms with Gasteiger partial charge in [-0.15, -0.1) is 0 Å². The van der Waals surface area contributed by atoms with E-state index in [1.807, 2.05) is 26.0 Å². The molecule has 0 saturated carbocycles. The lowest BCUT2D eigenvalue weighted by Crippen LogP contribution is -2.42. The highest BCUT2D eigenvalue weighted by Gasteiger charge is 2.33. The van der Waals surface area contributed by atoms with E-state index in [2.05, 4.69) is 4.98 Å². The summed E-state index contributed by atoms with van der Waals surface area (Å²) < 4.78 is 5.67. The number of likely N-dealkylation sites (tertiary alicyclic amines) is 1. The second-order valence-corrected chi connectivity index (χ2v) is 8.23. The minimum atomic E-state index is -0.318. The summed E-state index contributed by atoms with van der Waals surface area (Å²) in [6.45, 7) is 5.66. The summed E-state index contributed by atoms with van der Waals surface area (Å²) in [5.41, 5.74) is 1.64. The minimum absolute atomic E-state index is 0.0567. The number of carbonyl (C=O) groups excluding carboxylic acids is 2. The number of amides is 2. The largest absolute Gasteiger partial charge is 0.493 e. The average molecular weight is 439 g/mol. The molecule has 0 unspecified atom stereocenters. The Balaban J connectivity index is 1.67. The van der Waals surface area contributed by atoms with Gasteiger partial charge in [-0.1, -0.05) is 19.1 Å². The zero-order valence-corrected chi connectivity index (χ0v) is 18.7. The van der Waals surface area contributed by atoms with Crippen molar-refractivity contribution in [3.8, 4) is 5.75 Å². The molecule has 2 aromatic rings. The van der Waals surface area contributed by atoms with Crippen LogP contribution in [0.3, 0.4) is 0 Å². The summed E-state index contributed by atoms with van der Waals surface area (Å²) in [6, 6.07) is 6.93. The van der Waals surface area contributed by atoms with Crippen molar-refractivity contribution >= 4 is 11.8 Å². The van der Waals surface area contributed by atoms with E-state index < -0.39 is 0 Å². The van der Waals surface area contributed by atoms with Crippen molar-refractivity contribution in [2.75, 3.05) is 19.7 Å². The predicted octanol–water partition coefficient (Wildman–Crippen LogP) is 2.83. The van der Waals surface area contributed by atoms with Gasteiger partial charge in [0, 0.05) is 25.1 Å². The first kappa shape index (κ1) is 22.0. The van der Waals surface area contributed by atoms with Crippen LogP contribution in [0.5, 0.6) is 5.75 Å². The Labute approximate surface area is 187 Å². The van der Waals surface area contributed by atoms with E-state index in [4.69, 9.17) is 9.72 Å². The number of aromatic nitrogens is 2. The number of H-pyrrole nitrogens is 1. The second kappa shape index (κ2) is 9.54. The number of benzene rings is 1. The van der Waals surface area contributed by atoms with Crippen molar-refractivity contribution in [3.05, 3.63) is 57.3 Å². The van der Waals surface area contributed by atoms with E-state index in [-0.39, 0.29) is 23.4 Å². The molecule has 170 valence electrons. The topological polar surface area (TPSA) is 95.6 Å². The SMILES string of the molecule is CCOc1ccccc1C(=O)N1CCCC[C@@H]1c1nc2c(c(=O)[nH]1)CCN(C(=O)CC)C2. The van der Waals surface area contributed by atoms with Gasteiger partial charge in [-0.05, 0) is 44.7 Å². The lowest BCUT2D eigenvalue weighted by molar-refractivity contribution is -0.131. The number of para-hydroxylation sites is 1. The molecule has 8 heteroatoms. The smallest absolute Gasteiger partial charge is 0.258 e. The molecule has 32 heavy (non-hydrogen) atoms. The molecule has 1 N–H and O–H groups in total. The fourth-order valence-electron chi connectivity index (χ4n) is 4.59. The van der Waals surface area contributed by atoms with Crippen LogP contribution in [0.4, 0.5) is 0 Å². The van der Waals surface area contributed by atoms with Crippen LogP contribution in [-0.2, 0) is 17.8 Å². The number of aromatic amines is 1. The van der Waals surface area contributed by atoms with Crippen LogP contribution in [0, 0.1) is 0 Å². The second-order valence-electron chi connectivity index (χ2n) is 8.23. The van der Waals surface area contributed by atoms with Crippen molar-refractivity contribution < 1.29 is 14.3 Å². The summed E-state index contributed by atoms with van der Waals surface area (Å²) in [5, 5.41) is 0. The van der Waals surface area contributed by atoms with E-state index >= 15 is 0 Å². The van der Waals surface area contributed by atoms with Gasteiger partial charge in [-0.3, -0.25) is 14.4 Å². The van der Waals surface area contributed by atoms with E-state index in [1.165, 1.54) is 0 Å². The molecule has 3 heterocycles. The van der Waals surface area contributed by atoms with Crippen LogP contribution in [-0.4, -0.2) is 51.3 Å². The van der Waals surface area contributed by atoms with Crippen LogP contribution in [0.15, 0.2) is 29.1 Å². The van der Waals surface area contributed by atoms with Gasteiger partial charge in [0.2, 0.25) is 5.91 Å². The summed E-state index contributed by atoms with van der Waals surface area (Å²) in [5.74, 6) is 0.995. The molecule has 2 aliphatic rings. The standard InChI is InChI=1S/C24H30N4O4/c1-3-21(29)27-14-12-16-18(15-27)25-22(26-23(16)30)19-10-7-8-13-28(19)24(31)17-9-5-6-11-20(17)32-4-2/h5-6,9,11,19H,3-4,7-8,10,12-15H2,1-2H3,(H,25,26,30)/t19-/m1/s1. The minimum Gasteiger partial charge on any atom is -0.493 e. The molecule has 0 radical (unpaired) electrons. The molecule has 0 bridgehead atoms. The molecular weight excluding hydrogens is 408 g/mol. The average Bonchev–Trinajstić information content (AvgIpc) is 2.83. The van der Waals surface area contributed by atoms with Crippen LogP contribution < -0.4 is 10.3 Å². The Morgan fingerprint density at radius 1 is 1.19 bits per heavy atom. The Hall–Kier alpha value is -3.16. The maximum absolute atomic E-state index is 13.5. The third-order valence-corrected chi connectivity index (χ3v) is 6.24. The fourth-order valence-corrected chi connectivity index (χ4v) is 4.59. The molecule has 8 nitrogen and oxygen atoms in total. The van der Waals surface area contributed by atoms with Gasteiger partial charge >= 0.3 is 0 Å². The molecular formula is C24H30N4O4. The van der Waals surface area contributed by atoms with E-state index in [0.717, 1.165) is 19.3 Å². The Morgan fingerprint density at radius 3 is 2.78 bits per heavy atom. The molecule has 0 aliphatic carbocycles. The number of piperidine rings is 1. The van der Waals surface area contributed by atoms with Crippen molar-refractivity contribution in [2.24, 2.45) is 0 Å². The fraction of sp³-hybridized carbons (Fsp3) is 0.500. The lowest BCUT2D eigenvalue weighted by atomic mass is 9.99. The van der Waals surface area contributed by atoms with E-state index in [9.17, 15) is 14.4 Å². The van der Waals surface area contributed by atoms with Gasteiger partial charge in [-0.25, -0.2) is 4.98 Å². The quantitative estimate of drug-likeness (QED) is 0.775. The van der Waals surface area contributed by atoms with E-state index in [1.54, 1.807) is 21.9 Å². The van der Waals surface area contributed by atoms with Gasteiger partial charge in [0.1, 0.15) is 11.6 Å². The maximum Gasteiger partial charge on any atom is 0.258 e. The highest BCUT2D eigenvalue weighted by Crippen LogP contribution is 2.32. The summed E-state index contributed by atoms with van der Waals surface area (Å²) in [4.78, 5) is 49.8. The van der Waals surface area contributed by atoms with Crippen molar-refractivity contribution in [1.82, 2.24) is 19.8 Å². The van der Waals surface area contributed by atoms with Crippen LogP contribution >= 0.6 is 0 Å². The number of fused-ring (bicyclic) bond motifs is 1. The Bertz CT molecular complexity index is 1060. The number of carbonyl (C=O) groups is 2. The summed E-state index contributed by atoms with van der Waals surface area (Å²) in [6.07, 6.45) is 3.49. The number of rotatable bonds is 5. The third kappa shape index (κ3) is 4.26. The van der Waals surface area contributed by atoms with Crippen LogP contribution in [0.25, 0.3) is 0 Å². The number of hydrogen-bond acceptors (Lipinski definition) is 5. The highest BCUT2D eigenvalue weighted by atomic mass is 16.5. The van der Waals surface area contributed by atoms with Gasteiger partial charge < -0.3 is 19.5 Å².